The van der Waals surface area contributed by atoms with E-state index >= 15 is 0 Å². The minimum atomic E-state index is -0.995. The number of amides is 3. The first-order valence-electron chi connectivity index (χ1n) is 12.9. The molecular weight excluding hydrogens is 477 g/mol. The van der Waals surface area contributed by atoms with Crippen molar-refractivity contribution in [3.8, 4) is 0 Å². The summed E-state index contributed by atoms with van der Waals surface area (Å²) in [4.78, 5) is 43.5. The second kappa shape index (κ2) is 10.6. The predicted octanol–water partition coefficient (Wildman–Crippen LogP) is 2.90. The Hall–Kier alpha value is -3.30. The van der Waals surface area contributed by atoms with Crippen molar-refractivity contribution in [1.82, 2.24) is 15.1 Å². The molecule has 3 aliphatic heterocycles. The lowest BCUT2D eigenvalue weighted by molar-refractivity contribution is -0.128. The molecule has 3 heterocycles. The van der Waals surface area contributed by atoms with Crippen LogP contribution in [0.3, 0.4) is 0 Å². The monoisotopic (exact) mass is 509 g/mol. The summed E-state index contributed by atoms with van der Waals surface area (Å²) >= 11 is 0. The Balaban J connectivity index is 1.35. The first-order valence-corrected chi connectivity index (χ1v) is 12.9. The Bertz CT molecular complexity index is 1160. The quantitative estimate of drug-likeness (QED) is 0.670. The lowest BCUT2D eigenvalue weighted by Gasteiger charge is -2.44. The average Bonchev–Trinajstić information content (AvgIpc) is 3.56. The number of hydrogen-bond acceptors (Lipinski definition) is 5. The molecule has 1 N–H and O–H groups in total. The van der Waals surface area contributed by atoms with Gasteiger partial charge in [0.1, 0.15) is 17.6 Å². The van der Waals surface area contributed by atoms with Crippen molar-refractivity contribution in [2.24, 2.45) is 0 Å². The number of likely N-dealkylation sites (tertiary alicyclic amines) is 1. The summed E-state index contributed by atoms with van der Waals surface area (Å²) in [6, 6.07) is 12.0. The number of carbonyl (C=O) groups excluding carboxylic acids is 3. The van der Waals surface area contributed by atoms with Crippen LogP contribution in [0.25, 0.3) is 0 Å². The molecule has 8 nitrogen and oxygen atoms in total. The summed E-state index contributed by atoms with van der Waals surface area (Å²) in [5.74, 6) is -1.12. The van der Waals surface area contributed by atoms with Crippen molar-refractivity contribution in [3.63, 3.8) is 0 Å². The maximum Gasteiger partial charge on any atom is 0.257 e. The van der Waals surface area contributed by atoms with Crippen LogP contribution in [0.2, 0.25) is 0 Å². The lowest BCUT2D eigenvalue weighted by atomic mass is 9.95. The molecule has 0 saturated carbocycles. The van der Waals surface area contributed by atoms with Crippen molar-refractivity contribution < 1.29 is 28.2 Å². The largest absolute Gasteiger partial charge is 0.376 e. The molecule has 3 fully saturated rings. The molecule has 37 heavy (non-hydrogen) atoms. The van der Waals surface area contributed by atoms with E-state index in [2.05, 4.69) is 5.32 Å². The maximum atomic E-state index is 13.9. The second-order valence-electron chi connectivity index (χ2n) is 9.94. The molecule has 2 aromatic rings. The SMILES string of the molecule is Cc1ccccc1C(=O)N1C(C(=O)NCC2CCCO2)COC12CCN(C(=O)c1ccc(F)cc1)CC2. The summed E-state index contributed by atoms with van der Waals surface area (Å²) < 4.78 is 25.2. The second-order valence-corrected chi connectivity index (χ2v) is 9.94. The molecule has 196 valence electrons. The summed E-state index contributed by atoms with van der Waals surface area (Å²) in [5.41, 5.74) is 0.750. The fourth-order valence-corrected chi connectivity index (χ4v) is 5.48. The molecule has 1 spiro atoms. The zero-order valence-corrected chi connectivity index (χ0v) is 21.0. The number of rotatable bonds is 5. The van der Waals surface area contributed by atoms with Gasteiger partial charge in [-0.1, -0.05) is 18.2 Å². The van der Waals surface area contributed by atoms with Gasteiger partial charge in [-0.05, 0) is 55.7 Å². The van der Waals surface area contributed by atoms with E-state index in [1.165, 1.54) is 24.3 Å². The normalized spacial score (nSPS) is 22.9. The van der Waals surface area contributed by atoms with Crippen molar-refractivity contribution in [2.45, 2.75) is 50.5 Å². The number of nitrogens with one attached hydrogen (secondary N) is 1. The number of nitrogens with zero attached hydrogens (tertiary/aromatic N) is 2. The van der Waals surface area contributed by atoms with Crippen LogP contribution in [-0.2, 0) is 14.3 Å². The number of benzene rings is 2. The summed E-state index contributed by atoms with van der Waals surface area (Å²) in [6.07, 6.45) is 2.60. The highest BCUT2D eigenvalue weighted by Crippen LogP contribution is 2.39. The molecule has 0 aromatic heterocycles. The number of piperidine rings is 1. The third-order valence-corrected chi connectivity index (χ3v) is 7.61. The van der Waals surface area contributed by atoms with E-state index < -0.39 is 17.6 Å². The Morgan fingerprint density at radius 3 is 2.46 bits per heavy atom. The number of carbonyl (C=O) groups is 3. The van der Waals surface area contributed by atoms with E-state index in [0.29, 0.717) is 50.2 Å². The maximum absolute atomic E-state index is 13.9. The fraction of sp³-hybridized carbons (Fsp3) is 0.464. The van der Waals surface area contributed by atoms with Crippen LogP contribution in [0.1, 0.15) is 52.0 Å². The zero-order valence-electron chi connectivity index (χ0n) is 21.0. The lowest BCUT2D eigenvalue weighted by Crippen LogP contribution is -2.60. The Kier molecular flexibility index (Phi) is 7.26. The predicted molar refractivity (Wildman–Crippen MR) is 133 cm³/mol. The van der Waals surface area contributed by atoms with Gasteiger partial charge in [0.25, 0.3) is 11.8 Å². The van der Waals surface area contributed by atoms with Crippen LogP contribution in [0.5, 0.6) is 0 Å². The van der Waals surface area contributed by atoms with E-state index in [-0.39, 0.29) is 30.4 Å². The first-order chi connectivity index (χ1) is 17.9. The molecule has 9 heteroatoms. The van der Waals surface area contributed by atoms with Gasteiger partial charge in [0.2, 0.25) is 5.91 Å². The van der Waals surface area contributed by atoms with E-state index in [1.54, 1.807) is 21.9 Å². The third kappa shape index (κ3) is 5.10. The van der Waals surface area contributed by atoms with Gasteiger partial charge in [0.05, 0.1) is 12.7 Å². The molecule has 2 aromatic carbocycles. The minimum absolute atomic E-state index is 0.0125. The van der Waals surface area contributed by atoms with Crippen LogP contribution in [-0.4, -0.2) is 78.2 Å². The van der Waals surface area contributed by atoms with E-state index in [0.717, 1.165) is 18.4 Å². The molecule has 3 aliphatic rings. The zero-order chi connectivity index (χ0) is 26.0. The summed E-state index contributed by atoms with van der Waals surface area (Å²) in [6.45, 7) is 3.74. The highest BCUT2D eigenvalue weighted by molar-refractivity contribution is 5.99. The standard InChI is InChI=1S/C28H32FN3O5/c1-19-5-2-3-7-23(19)27(35)32-24(25(33)30-17-22-6-4-16-36-22)18-37-28(32)12-14-31(15-13-28)26(34)20-8-10-21(29)11-9-20/h2-3,5,7-11,22,24H,4,6,12-18H2,1H3,(H,30,33). The van der Waals surface area contributed by atoms with Gasteiger partial charge in [-0.2, -0.15) is 0 Å². The van der Waals surface area contributed by atoms with Crippen molar-refractivity contribution >= 4 is 17.7 Å². The van der Waals surface area contributed by atoms with Crippen LogP contribution < -0.4 is 5.32 Å². The smallest absolute Gasteiger partial charge is 0.257 e. The summed E-state index contributed by atoms with van der Waals surface area (Å²) in [7, 11) is 0. The third-order valence-electron chi connectivity index (χ3n) is 7.61. The van der Waals surface area contributed by atoms with Gasteiger partial charge in [-0.3, -0.25) is 19.3 Å². The van der Waals surface area contributed by atoms with Crippen molar-refractivity contribution in [1.29, 1.82) is 0 Å². The van der Waals surface area contributed by atoms with Crippen LogP contribution in [0.15, 0.2) is 48.5 Å². The van der Waals surface area contributed by atoms with Gasteiger partial charge >= 0.3 is 0 Å². The topological polar surface area (TPSA) is 88.2 Å². The van der Waals surface area contributed by atoms with E-state index in [9.17, 15) is 18.8 Å². The van der Waals surface area contributed by atoms with Gasteiger partial charge in [0, 0.05) is 50.2 Å². The molecule has 5 rings (SSSR count). The molecule has 3 saturated heterocycles. The highest BCUT2D eigenvalue weighted by atomic mass is 19.1. The summed E-state index contributed by atoms with van der Waals surface area (Å²) in [5, 5.41) is 2.96. The molecule has 0 bridgehead atoms. The van der Waals surface area contributed by atoms with Crippen molar-refractivity contribution in [2.75, 3.05) is 32.8 Å². The van der Waals surface area contributed by atoms with E-state index in [4.69, 9.17) is 9.47 Å². The van der Waals surface area contributed by atoms with Gasteiger partial charge in [-0.25, -0.2) is 4.39 Å². The number of ether oxygens (including phenoxy) is 2. The van der Waals surface area contributed by atoms with Gasteiger partial charge in [-0.15, -0.1) is 0 Å². The number of aryl methyl sites for hydroxylation is 1. The average molecular weight is 510 g/mol. The van der Waals surface area contributed by atoms with E-state index in [1.807, 2.05) is 19.1 Å². The minimum Gasteiger partial charge on any atom is -0.376 e. The molecule has 3 amide bonds. The molecule has 0 aliphatic carbocycles. The van der Waals surface area contributed by atoms with Crippen LogP contribution in [0.4, 0.5) is 4.39 Å². The molecule has 2 unspecified atom stereocenters. The first kappa shape index (κ1) is 25.4. The molecule has 2 atom stereocenters. The Morgan fingerprint density at radius 1 is 1.05 bits per heavy atom. The fourth-order valence-electron chi connectivity index (χ4n) is 5.48. The Labute approximate surface area is 215 Å². The van der Waals surface area contributed by atoms with Crippen LogP contribution >= 0.6 is 0 Å². The molecule has 0 radical (unpaired) electrons. The van der Waals surface area contributed by atoms with Gasteiger partial charge < -0.3 is 19.7 Å². The van der Waals surface area contributed by atoms with Gasteiger partial charge in [0.15, 0.2) is 0 Å². The number of hydrogen-bond donors (Lipinski definition) is 1. The Morgan fingerprint density at radius 2 is 1.78 bits per heavy atom. The molecular formula is C28H32FN3O5. The number of halogens is 1. The highest BCUT2D eigenvalue weighted by Gasteiger charge is 2.54. The van der Waals surface area contributed by atoms with Crippen molar-refractivity contribution in [3.05, 3.63) is 71.0 Å². The van der Waals surface area contributed by atoms with Crippen LogP contribution in [0, 0.1) is 12.7 Å².